The van der Waals surface area contributed by atoms with Crippen molar-refractivity contribution in [2.45, 2.75) is 13.8 Å². The number of amides is 3. The Labute approximate surface area is 129 Å². The molecule has 3 amide bonds. The van der Waals surface area contributed by atoms with Gasteiger partial charge in [0.05, 0.1) is 5.92 Å². The Kier molecular flexibility index (Phi) is 4.75. The molecule has 1 aliphatic heterocycles. The molecule has 1 aliphatic rings. The third-order valence-corrected chi connectivity index (χ3v) is 3.87. The van der Waals surface area contributed by atoms with Crippen LogP contribution in [-0.4, -0.2) is 58.7 Å². The number of aromatic nitrogens is 1. The van der Waals surface area contributed by atoms with E-state index in [4.69, 9.17) is 5.73 Å². The summed E-state index contributed by atoms with van der Waals surface area (Å²) in [5.74, 6) is -1.45. The standard InChI is InChI=1S/C15H20N4O3/c1-10-4-3-5-17-13(10)15(22)19-7-6-18(11(2)20)8-12(9-19)14(16)21/h3-5,12H,6-9H2,1-2H3,(H2,16,21)/t12-/m1/s1. The Bertz CT molecular complexity index is 602. The highest BCUT2D eigenvalue weighted by Gasteiger charge is 2.31. The minimum atomic E-state index is -0.570. The Morgan fingerprint density at radius 3 is 2.45 bits per heavy atom. The summed E-state index contributed by atoms with van der Waals surface area (Å²) in [6.45, 7) is 4.45. The summed E-state index contributed by atoms with van der Waals surface area (Å²) < 4.78 is 0. The highest BCUT2D eigenvalue weighted by Crippen LogP contribution is 2.14. The van der Waals surface area contributed by atoms with Crippen LogP contribution in [0.4, 0.5) is 0 Å². The minimum Gasteiger partial charge on any atom is -0.369 e. The molecule has 2 N–H and O–H groups in total. The van der Waals surface area contributed by atoms with Crippen LogP contribution < -0.4 is 5.73 Å². The molecule has 1 saturated heterocycles. The molecule has 0 aliphatic carbocycles. The van der Waals surface area contributed by atoms with E-state index in [9.17, 15) is 14.4 Å². The van der Waals surface area contributed by atoms with E-state index >= 15 is 0 Å². The van der Waals surface area contributed by atoms with Crippen molar-refractivity contribution in [2.75, 3.05) is 26.2 Å². The number of primary amides is 1. The quantitative estimate of drug-likeness (QED) is 0.818. The Hall–Kier alpha value is -2.44. The first kappa shape index (κ1) is 15.9. The van der Waals surface area contributed by atoms with Crippen LogP contribution in [0.2, 0.25) is 0 Å². The number of carbonyl (C=O) groups is 3. The van der Waals surface area contributed by atoms with Gasteiger partial charge in [-0.15, -0.1) is 0 Å². The number of aryl methyl sites for hydroxylation is 1. The van der Waals surface area contributed by atoms with Crippen LogP contribution in [0.1, 0.15) is 23.0 Å². The van der Waals surface area contributed by atoms with E-state index in [1.54, 1.807) is 22.1 Å². The number of pyridine rings is 1. The number of hydrogen-bond donors (Lipinski definition) is 1. The number of rotatable bonds is 2. The lowest BCUT2D eigenvalue weighted by molar-refractivity contribution is -0.130. The van der Waals surface area contributed by atoms with Crippen molar-refractivity contribution in [1.82, 2.24) is 14.8 Å². The molecule has 0 bridgehead atoms. The maximum atomic E-state index is 12.6. The SMILES string of the molecule is CC(=O)N1CCN(C(=O)c2ncccc2C)C[C@H](C(N)=O)C1. The second-order valence-electron chi connectivity index (χ2n) is 5.48. The van der Waals surface area contributed by atoms with E-state index in [1.807, 2.05) is 13.0 Å². The Morgan fingerprint density at radius 1 is 1.23 bits per heavy atom. The summed E-state index contributed by atoms with van der Waals surface area (Å²) >= 11 is 0. The van der Waals surface area contributed by atoms with Gasteiger partial charge < -0.3 is 15.5 Å². The first-order chi connectivity index (χ1) is 10.4. The van der Waals surface area contributed by atoms with Crippen molar-refractivity contribution in [3.05, 3.63) is 29.6 Å². The van der Waals surface area contributed by atoms with Gasteiger partial charge in [-0.05, 0) is 18.6 Å². The summed E-state index contributed by atoms with van der Waals surface area (Å²) in [6, 6.07) is 3.57. The maximum absolute atomic E-state index is 12.6. The second-order valence-corrected chi connectivity index (χ2v) is 5.48. The third-order valence-electron chi connectivity index (χ3n) is 3.87. The maximum Gasteiger partial charge on any atom is 0.272 e. The molecule has 1 fully saturated rings. The van der Waals surface area contributed by atoms with E-state index < -0.39 is 11.8 Å². The van der Waals surface area contributed by atoms with Crippen molar-refractivity contribution >= 4 is 17.7 Å². The average Bonchev–Trinajstić information content (AvgIpc) is 2.70. The molecule has 7 nitrogen and oxygen atoms in total. The summed E-state index contributed by atoms with van der Waals surface area (Å²) in [6.07, 6.45) is 1.56. The van der Waals surface area contributed by atoms with Gasteiger partial charge >= 0.3 is 0 Å². The van der Waals surface area contributed by atoms with Gasteiger partial charge in [0, 0.05) is 39.3 Å². The topological polar surface area (TPSA) is 96.6 Å². The fraction of sp³-hybridized carbons (Fsp3) is 0.467. The molecule has 1 aromatic heterocycles. The van der Waals surface area contributed by atoms with Crippen LogP contribution in [0.15, 0.2) is 18.3 Å². The molecule has 0 spiro atoms. The molecule has 0 aromatic carbocycles. The zero-order valence-corrected chi connectivity index (χ0v) is 12.8. The molecule has 0 saturated carbocycles. The van der Waals surface area contributed by atoms with E-state index in [-0.39, 0.29) is 24.9 Å². The molecule has 118 valence electrons. The van der Waals surface area contributed by atoms with Crippen LogP contribution in [0.5, 0.6) is 0 Å². The van der Waals surface area contributed by atoms with Crippen LogP contribution >= 0.6 is 0 Å². The highest BCUT2D eigenvalue weighted by molar-refractivity contribution is 5.94. The zero-order chi connectivity index (χ0) is 16.3. The minimum absolute atomic E-state index is 0.130. The molecule has 1 atom stereocenters. The lowest BCUT2D eigenvalue weighted by Gasteiger charge is -2.22. The van der Waals surface area contributed by atoms with Crippen molar-refractivity contribution in [3.8, 4) is 0 Å². The van der Waals surface area contributed by atoms with Gasteiger partial charge in [0.2, 0.25) is 11.8 Å². The van der Waals surface area contributed by atoms with Crippen LogP contribution in [0.25, 0.3) is 0 Å². The summed E-state index contributed by atoms with van der Waals surface area (Å²) in [5, 5.41) is 0. The fourth-order valence-electron chi connectivity index (χ4n) is 2.52. The predicted molar refractivity (Wildman–Crippen MR) is 79.8 cm³/mol. The van der Waals surface area contributed by atoms with Gasteiger partial charge in [-0.2, -0.15) is 0 Å². The second kappa shape index (κ2) is 6.55. The molecule has 7 heteroatoms. The van der Waals surface area contributed by atoms with Crippen LogP contribution in [-0.2, 0) is 9.59 Å². The molecule has 0 radical (unpaired) electrons. The van der Waals surface area contributed by atoms with Gasteiger partial charge in [0.1, 0.15) is 5.69 Å². The average molecular weight is 304 g/mol. The summed E-state index contributed by atoms with van der Waals surface area (Å²) in [7, 11) is 0. The molecular weight excluding hydrogens is 284 g/mol. The van der Waals surface area contributed by atoms with E-state index in [1.165, 1.54) is 6.92 Å². The molecule has 22 heavy (non-hydrogen) atoms. The molecule has 0 unspecified atom stereocenters. The first-order valence-electron chi connectivity index (χ1n) is 7.16. The van der Waals surface area contributed by atoms with Crippen LogP contribution in [0.3, 0.4) is 0 Å². The highest BCUT2D eigenvalue weighted by atomic mass is 16.2. The number of hydrogen-bond acceptors (Lipinski definition) is 4. The predicted octanol–water partition coefficient (Wildman–Crippen LogP) is -0.204. The Balaban J connectivity index is 2.23. The van der Waals surface area contributed by atoms with Gasteiger partial charge in [0.15, 0.2) is 0 Å². The molecule has 2 heterocycles. The number of nitrogens with two attached hydrogens (primary N) is 1. The number of nitrogens with zero attached hydrogens (tertiary/aromatic N) is 3. The van der Waals surface area contributed by atoms with Gasteiger partial charge in [0.25, 0.3) is 5.91 Å². The van der Waals surface area contributed by atoms with Crippen molar-refractivity contribution in [3.63, 3.8) is 0 Å². The van der Waals surface area contributed by atoms with E-state index in [0.717, 1.165) is 5.56 Å². The Morgan fingerprint density at radius 2 is 1.86 bits per heavy atom. The van der Waals surface area contributed by atoms with Gasteiger partial charge in [-0.25, -0.2) is 0 Å². The summed E-state index contributed by atoms with van der Waals surface area (Å²) in [5.41, 5.74) is 6.54. The lowest BCUT2D eigenvalue weighted by atomic mass is 10.1. The van der Waals surface area contributed by atoms with Crippen molar-refractivity contribution in [2.24, 2.45) is 11.7 Å². The molecular formula is C15H20N4O3. The van der Waals surface area contributed by atoms with Crippen molar-refractivity contribution in [1.29, 1.82) is 0 Å². The van der Waals surface area contributed by atoms with E-state index in [0.29, 0.717) is 18.8 Å². The summed E-state index contributed by atoms with van der Waals surface area (Å²) in [4.78, 5) is 43.0. The first-order valence-corrected chi connectivity index (χ1v) is 7.16. The molecule has 2 rings (SSSR count). The molecule has 1 aromatic rings. The van der Waals surface area contributed by atoms with E-state index in [2.05, 4.69) is 4.98 Å². The smallest absolute Gasteiger partial charge is 0.272 e. The van der Waals surface area contributed by atoms with Gasteiger partial charge in [-0.3, -0.25) is 19.4 Å². The zero-order valence-electron chi connectivity index (χ0n) is 12.8. The lowest BCUT2D eigenvalue weighted by Crippen LogP contribution is -2.41. The third kappa shape index (κ3) is 3.41. The normalized spacial score (nSPS) is 18.7. The van der Waals surface area contributed by atoms with Gasteiger partial charge in [-0.1, -0.05) is 6.07 Å². The van der Waals surface area contributed by atoms with Crippen molar-refractivity contribution < 1.29 is 14.4 Å². The largest absolute Gasteiger partial charge is 0.369 e. The number of carbonyl (C=O) groups excluding carboxylic acids is 3. The fourth-order valence-corrected chi connectivity index (χ4v) is 2.52. The van der Waals surface area contributed by atoms with Crippen LogP contribution in [0, 0.1) is 12.8 Å². The monoisotopic (exact) mass is 304 g/mol.